The van der Waals surface area contributed by atoms with Crippen LogP contribution in [0.2, 0.25) is 10.0 Å². The minimum atomic E-state index is 0.310. The van der Waals surface area contributed by atoms with E-state index in [0.29, 0.717) is 21.9 Å². The molecule has 0 aliphatic rings. The van der Waals surface area contributed by atoms with Crippen LogP contribution in [0.15, 0.2) is 18.2 Å². The van der Waals surface area contributed by atoms with Gasteiger partial charge in [-0.3, -0.25) is 0 Å². The molecule has 0 nitrogen and oxygen atoms in total. The van der Waals surface area contributed by atoms with E-state index in [1.54, 1.807) is 6.07 Å². The first-order valence-corrected chi connectivity index (χ1v) is 5.68. The zero-order valence-corrected chi connectivity index (χ0v) is 10.7. The lowest BCUT2D eigenvalue weighted by Gasteiger charge is -2.15. The van der Waals surface area contributed by atoms with Crippen LogP contribution in [-0.2, 0) is 0 Å². The monoisotopic (exact) mass is 240 g/mol. The summed E-state index contributed by atoms with van der Waals surface area (Å²) in [6, 6.07) is 5.65. The molecule has 2 unspecified atom stereocenters. The van der Waals surface area contributed by atoms with Crippen molar-refractivity contribution in [2.75, 3.05) is 0 Å². The third-order valence-corrected chi connectivity index (χ3v) is 2.97. The van der Waals surface area contributed by atoms with Gasteiger partial charge in [0.05, 0.1) is 0 Å². The summed E-state index contributed by atoms with van der Waals surface area (Å²) in [7, 11) is 0. The number of halogens is 2. The lowest BCUT2D eigenvalue weighted by molar-refractivity contribution is 0.610. The Morgan fingerprint density at radius 1 is 1.07 bits per heavy atom. The summed E-state index contributed by atoms with van der Waals surface area (Å²) in [6.07, 6.45) is 0. The minimum Gasteiger partial charge on any atom is -0.106 e. The van der Waals surface area contributed by atoms with Crippen molar-refractivity contribution in [1.29, 1.82) is 0 Å². The van der Waals surface area contributed by atoms with Crippen molar-refractivity contribution in [2.45, 2.75) is 26.7 Å². The molecule has 2 atom stereocenters. The molecule has 0 aliphatic heterocycles. The number of rotatable bonds is 2. The minimum absolute atomic E-state index is 0.310. The van der Waals surface area contributed by atoms with Gasteiger partial charge in [0.15, 0.2) is 0 Å². The Morgan fingerprint density at radius 2 is 1.60 bits per heavy atom. The first-order chi connectivity index (χ1) is 7.04. The second kappa shape index (κ2) is 5.45. The zero-order valence-electron chi connectivity index (χ0n) is 9.14. The predicted molar refractivity (Wildman–Crippen MR) is 67.5 cm³/mol. The van der Waals surface area contributed by atoms with Crippen molar-refractivity contribution in [1.82, 2.24) is 0 Å². The summed E-state index contributed by atoms with van der Waals surface area (Å²) in [5, 5.41) is 1.36. The van der Waals surface area contributed by atoms with E-state index in [1.807, 2.05) is 19.1 Å². The van der Waals surface area contributed by atoms with Crippen molar-refractivity contribution in [2.24, 2.45) is 5.92 Å². The molecule has 0 radical (unpaired) electrons. The molecule has 1 aromatic carbocycles. The van der Waals surface area contributed by atoms with Gasteiger partial charge in [-0.25, -0.2) is 0 Å². The molecule has 1 rings (SSSR count). The summed E-state index contributed by atoms with van der Waals surface area (Å²) in [4.78, 5) is 0. The first kappa shape index (κ1) is 12.4. The molecular weight excluding hydrogens is 227 g/mol. The molecular formula is C13H14Cl2. The lowest BCUT2D eigenvalue weighted by Crippen LogP contribution is -2.03. The maximum Gasteiger partial charge on any atom is 0.0423 e. The Kier molecular flexibility index (Phi) is 4.51. The largest absolute Gasteiger partial charge is 0.106 e. The molecule has 0 spiro atoms. The quantitative estimate of drug-likeness (QED) is 0.655. The molecule has 2 heteroatoms. The number of benzene rings is 1. The summed E-state index contributed by atoms with van der Waals surface area (Å²) in [6.45, 7) is 6.10. The molecule has 0 saturated carbocycles. The molecule has 0 heterocycles. The fraction of sp³-hybridized carbons (Fsp3) is 0.385. The van der Waals surface area contributed by atoms with Crippen LogP contribution < -0.4 is 0 Å². The van der Waals surface area contributed by atoms with E-state index in [0.717, 1.165) is 5.56 Å². The second-order valence-corrected chi connectivity index (χ2v) is 4.55. The molecule has 0 saturated heterocycles. The van der Waals surface area contributed by atoms with E-state index in [9.17, 15) is 0 Å². The van der Waals surface area contributed by atoms with Crippen LogP contribution in [0.1, 0.15) is 32.3 Å². The van der Waals surface area contributed by atoms with Crippen LogP contribution in [0.4, 0.5) is 0 Å². The van der Waals surface area contributed by atoms with E-state index in [1.165, 1.54) is 0 Å². The molecule has 0 N–H and O–H groups in total. The highest BCUT2D eigenvalue weighted by Gasteiger charge is 2.13. The molecule has 80 valence electrons. The van der Waals surface area contributed by atoms with Crippen LogP contribution in [0.3, 0.4) is 0 Å². The third kappa shape index (κ3) is 3.45. The predicted octanol–water partition coefficient (Wildman–Crippen LogP) is 4.76. The molecule has 15 heavy (non-hydrogen) atoms. The standard InChI is InChI=1S/C13H14Cl2/c1-4-5-9(2)10(3)11-6-12(14)8-13(15)7-11/h6-10H,1-3H3. The second-order valence-electron chi connectivity index (χ2n) is 3.67. The van der Waals surface area contributed by atoms with Crippen LogP contribution in [0, 0.1) is 17.8 Å². The maximum atomic E-state index is 5.96. The molecule has 1 aromatic rings. The fourth-order valence-corrected chi connectivity index (χ4v) is 2.02. The average Bonchev–Trinajstić information content (AvgIpc) is 2.15. The summed E-state index contributed by atoms with van der Waals surface area (Å²) in [5.41, 5.74) is 1.14. The van der Waals surface area contributed by atoms with Crippen LogP contribution in [0.5, 0.6) is 0 Å². The number of hydrogen-bond donors (Lipinski definition) is 0. The lowest BCUT2D eigenvalue weighted by atomic mass is 9.89. The van der Waals surface area contributed by atoms with Gasteiger partial charge >= 0.3 is 0 Å². The molecule has 0 amide bonds. The van der Waals surface area contributed by atoms with Crippen LogP contribution in [-0.4, -0.2) is 0 Å². The first-order valence-electron chi connectivity index (χ1n) is 4.93. The molecule has 0 aromatic heterocycles. The van der Waals surface area contributed by atoms with Gasteiger partial charge in [-0.05, 0) is 36.6 Å². The number of hydrogen-bond acceptors (Lipinski definition) is 0. The van der Waals surface area contributed by atoms with Crippen molar-refractivity contribution < 1.29 is 0 Å². The van der Waals surface area contributed by atoms with E-state index >= 15 is 0 Å². The Hall–Kier alpha value is -0.640. The zero-order chi connectivity index (χ0) is 11.4. The van der Waals surface area contributed by atoms with Crippen LogP contribution in [0.25, 0.3) is 0 Å². The summed E-state index contributed by atoms with van der Waals surface area (Å²) in [5.74, 6) is 6.73. The van der Waals surface area contributed by atoms with Gasteiger partial charge in [-0.1, -0.05) is 43.0 Å². The average molecular weight is 241 g/mol. The molecule has 0 fully saturated rings. The van der Waals surface area contributed by atoms with E-state index in [-0.39, 0.29) is 0 Å². The Morgan fingerprint density at radius 3 is 2.07 bits per heavy atom. The van der Waals surface area contributed by atoms with Gasteiger partial charge in [0, 0.05) is 16.0 Å². The van der Waals surface area contributed by atoms with Gasteiger partial charge in [0.2, 0.25) is 0 Å². The maximum absolute atomic E-state index is 5.96. The van der Waals surface area contributed by atoms with Crippen molar-refractivity contribution in [3.63, 3.8) is 0 Å². The summed E-state index contributed by atoms with van der Waals surface area (Å²) < 4.78 is 0. The van der Waals surface area contributed by atoms with E-state index in [2.05, 4.69) is 25.7 Å². The van der Waals surface area contributed by atoms with E-state index < -0.39 is 0 Å². The highest BCUT2D eigenvalue weighted by molar-refractivity contribution is 6.34. The molecule has 0 bridgehead atoms. The highest BCUT2D eigenvalue weighted by Crippen LogP contribution is 2.28. The topological polar surface area (TPSA) is 0 Å². The SMILES string of the molecule is CC#CC(C)C(C)c1cc(Cl)cc(Cl)c1. The third-order valence-electron chi connectivity index (χ3n) is 2.53. The van der Waals surface area contributed by atoms with Gasteiger partial charge in [0.1, 0.15) is 0 Å². The Labute approximate surface area is 102 Å². The van der Waals surface area contributed by atoms with Gasteiger partial charge in [-0.2, -0.15) is 0 Å². The Bertz CT molecular complexity index is 378. The van der Waals surface area contributed by atoms with Crippen LogP contribution >= 0.6 is 23.2 Å². The van der Waals surface area contributed by atoms with Crippen molar-refractivity contribution in [3.8, 4) is 11.8 Å². The molecule has 0 aliphatic carbocycles. The normalized spacial score (nSPS) is 13.9. The fourth-order valence-electron chi connectivity index (χ4n) is 1.48. The Balaban J connectivity index is 2.98. The smallest absolute Gasteiger partial charge is 0.0423 e. The van der Waals surface area contributed by atoms with Crippen molar-refractivity contribution in [3.05, 3.63) is 33.8 Å². The van der Waals surface area contributed by atoms with E-state index in [4.69, 9.17) is 23.2 Å². The van der Waals surface area contributed by atoms with Gasteiger partial charge in [-0.15, -0.1) is 5.92 Å². The van der Waals surface area contributed by atoms with Gasteiger partial charge in [0.25, 0.3) is 0 Å². The highest BCUT2D eigenvalue weighted by atomic mass is 35.5. The van der Waals surface area contributed by atoms with Crippen molar-refractivity contribution >= 4 is 23.2 Å². The summed E-state index contributed by atoms with van der Waals surface area (Å²) >= 11 is 11.9. The van der Waals surface area contributed by atoms with Gasteiger partial charge < -0.3 is 0 Å².